The Morgan fingerprint density at radius 3 is 2.62 bits per heavy atom. The minimum atomic E-state index is -0.197. The zero-order chi connectivity index (χ0) is 17.8. The number of benzene rings is 2. The Hall–Kier alpha value is -3.05. The molecule has 2 amide bonds. The number of aromatic nitrogens is 1. The molecular formula is C21H19N3OS. The van der Waals surface area contributed by atoms with Gasteiger partial charge >= 0.3 is 6.03 Å². The van der Waals surface area contributed by atoms with Gasteiger partial charge in [0.2, 0.25) is 0 Å². The van der Waals surface area contributed by atoms with E-state index in [1.165, 1.54) is 15.8 Å². The van der Waals surface area contributed by atoms with Crippen molar-refractivity contribution in [3.63, 3.8) is 0 Å². The van der Waals surface area contributed by atoms with Gasteiger partial charge in [0, 0.05) is 40.1 Å². The summed E-state index contributed by atoms with van der Waals surface area (Å²) in [5.74, 6) is 0.104. The first kappa shape index (κ1) is 16.4. The van der Waals surface area contributed by atoms with E-state index in [2.05, 4.69) is 39.2 Å². The van der Waals surface area contributed by atoms with Crippen molar-refractivity contribution in [2.24, 2.45) is 0 Å². The van der Waals surface area contributed by atoms with Crippen LogP contribution in [-0.4, -0.2) is 17.6 Å². The maximum absolute atomic E-state index is 12.3. The summed E-state index contributed by atoms with van der Waals surface area (Å²) >= 11 is 1.71. The lowest BCUT2D eigenvalue weighted by Gasteiger charge is -2.16. The molecule has 4 nitrogen and oxygen atoms in total. The quantitative estimate of drug-likeness (QED) is 0.450. The van der Waals surface area contributed by atoms with Crippen LogP contribution in [0.15, 0.2) is 78.3 Å². The standard InChI is InChI=1S/C21H19N3OS/c25-21(24-15-7-2-1-3-8-15)23-14-18(20-11-6-12-26-20)17-13-22-19-10-5-4-9-16(17)19/h1-13,18,22H,14H2,(H2,23,24,25). The van der Waals surface area contributed by atoms with Gasteiger partial charge in [-0.3, -0.25) is 0 Å². The summed E-state index contributed by atoms with van der Waals surface area (Å²) in [5, 5.41) is 9.15. The number of amides is 2. The molecule has 2 heterocycles. The normalized spacial score (nSPS) is 12.0. The van der Waals surface area contributed by atoms with Crippen molar-refractivity contribution in [3.8, 4) is 0 Å². The Kier molecular flexibility index (Phi) is 4.71. The van der Waals surface area contributed by atoms with Gasteiger partial charge in [-0.2, -0.15) is 0 Å². The molecule has 0 saturated carbocycles. The number of nitrogens with one attached hydrogen (secondary N) is 3. The number of carbonyl (C=O) groups is 1. The Morgan fingerprint density at radius 2 is 1.81 bits per heavy atom. The van der Waals surface area contributed by atoms with E-state index >= 15 is 0 Å². The van der Waals surface area contributed by atoms with E-state index in [0.717, 1.165) is 11.2 Å². The maximum Gasteiger partial charge on any atom is 0.319 e. The zero-order valence-corrected chi connectivity index (χ0v) is 14.9. The first-order valence-electron chi connectivity index (χ1n) is 8.50. The first-order valence-corrected chi connectivity index (χ1v) is 9.38. The fourth-order valence-electron chi connectivity index (χ4n) is 3.13. The fraction of sp³-hybridized carbons (Fsp3) is 0.0952. The van der Waals surface area contributed by atoms with Crippen molar-refractivity contribution in [2.45, 2.75) is 5.92 Å². The van der Waals surface area contributed by atoms with Gasteiger partial charge in [0.1, 0.15) is 0 Å². The summed E-state index contributed by atoms with van der Waals surface area (Å²) in [6.07, 6.45) is 2.05. The molecule has 0 aliphatic rings. The second kappa shape index (κ2) is 7.45. The van der Waals surface area contributed by atoms with Crippen LogP contribution in [-0.2, 0) is 0 Å². The molecule has 26 heavy (non-hydrogen) atoms. The van der Waals surface area contributed by atoms with Gasteiger partial charge in [-0.05, 0) is 35.2 Å². The summed E-state index contributed by atoms with van der Waals surface area (Å²) in [5.41, 5.74) is 3.09. The highest BCUT2D eigenvalue weighted by atomic mass is 32.1. The van der Waals surface area contributed by atoms with Gasteiger partial charge in [0.25, 0.3) is 0 Å². The highest BCUT2D eigenvalue weighted by molar-refractivity contribution is 7.10. The molecule has 4 rings (SSSR count). The predicted octanol–water partition coefficient (Wildman–Crippen LogP) is 5.18. The van der Waals surface area contributed by atoms with Gasteiger partial charge in [-0.25, -0.2) is 4.79 Å². The van der Waals surface area contributed by atoms with Crippen molar-refractivity contribution < 1.29 is 4.79 Å². The van der Waals surface area contributed by atoms with Crippen molar-refractivity contribution in [3.05, 3.63) is 88.7 Å². The number of hydrogen-bond donors (Lipinski definition) is 3. The second-order valence-corrected chi connectivity index (χ2v) is 7.04. The van der Waals surface area contributed by atoms with E-state index in [-0.39, 0.29) is 11.9 Å². The Morgan fingerprint density at radius 1 is 1.00 bits per heavy atom. The molecule has 1 atom stereocenters. The third-order valence-corrected chi connectivity index (χ3v) is 5.37. The molecule has 2 aromatic heterocycles. The van der Waals surface area contributed by atoms with Crippen molar-refractivity contribution in [2.75, 3.05) is 11.9 Å². The first-order chi connectivity index (χ1) is 12.8. The number of hydrogen-bond acceptors (Lipinski definition) is 2. The SMILES string of the molecule is O=C(NCC(c1cccs1)c1c[nH]c2ccccc12)Nc1ccccc1. The number of H-pyrrole nitrogens is 1. The largest absolute Gasteiger partial charge is 0.361 e. The van der Waals surface area contributed by atoms with Crippen LogP contribution in [0.25, 0.3) is 10.9 Å². The number of anilines is 1. The Balaban J connectivity index is 1.54. The van der Waals surface area contributed by atoms with Crippen molar-refractivity contribution in [1.82, 2.24) is 10.3 Å². The number of thiophene rings is 1. The lowest BCUT2D eigenvalue weighted by atomic mass is 9.97. The average molecular weight is 361 g/mol. The highest BCUT2D eigenvalue weighted by Gasteiger charge is 2.19. The fourth-order valence-corrected chi connectivity index (χ4v) is 3.97. The third kappa shape index (κ3) is 3.48. The molecule has 0 bridgehead atoms. The predicted molar refractivity (Wildman–Crippen MR) is 108 cm³/mol. The second-order valence-electron chi connectivity index (χ2n) is 6.06. The Bertz CT molecular complexity index is 992. The molecule has 3 N–H and O–H groups in total. The average Bonchev–Trinajstić information content (AvgIpc) is 3.34. The van der Waals surface area contributed by atoms with E-state index in [9.17, 15) is 4.79 Å². The number of rotatable bonds is 5. The van der Waals surface area contributed by atoms with Crippen molar-refractivity contribution in [1.29, 1.82) is 0 Å². The smallest absolute Gasteiger partial charge is 0.319 e. The molecule has 1 unspecified atom stereocenters. The molecule has 130 valence electrons. The molecule has 0 radical (unpaired) electrons. The molecule has 0 aliphatic carbocycles. The number of para-hydroxylation sites is 2. The summed E-state index contributed by atoms with van der Waals surface area (Å²) in [6.45, 7) is 0.529. The molecule has 0 saturated heterocycles. The van der Waals surface area contributed by atoms with Crippen molar-refractivity contribution >= 4 is 34.0 Å². The van der Waals surface area contributed by atoms with E-state index in [1.807, 2.05) is 54.7 Å². The maximum atomic E-state index is 12.3. The molecule has 0 fully saturated rings. The van der Waals surface area contributed by atoms with Crippen LogP contribution in [0.4, 0.5) is 10.5 Å². The van der Waals surface area contributed by atoms with Crippen LogP contribution >= 0.6 is 11.3 Å². The summed E-state index contributed by atoms with van der Waals surface area (Å²) in [7, 11) is 0. The lowest BCUT2D eigenvalue weighted by Crippen LogP contribution is -2.32. The molecular weight excluding hydrogens is 342 g/mol. The molecule has 0 aliphatic heterocycles. The molecule has 2 aromatic carbocycles. The van der Waals surface area contributed by atoms with Crippen LogP contribution in [0.1, 0.15) is 16.4 Å². The number of fused-ring (bicyclic) bond motifs is 1. The minimum absolute atomic E-state index is 0.104. The zero-order valence-electron chi connectivity index (χ0n) is 14.1. The summed E-state index contributed by atoms with van der Waals surface area (Å²) < 4.78 is 0. The third-order valence-electron chi connectivity index (χ3n) is 4.38. The molecule has 5 heteroatoms. The highest BCUT2D eigenvalue weighted by Crippen LogP contribution is 2.32. The van der Waals surface area contributed by atoms with E-state index < -0.39 is 0 Å². The van der Waals surface area contributed by atoms with Crippen LogP contribution in [0.2, 0.25) is 0 Å². The van der Waals surface area contributed by atoms with Gasteiger partial charge in [0.05, 0.1) is 0 Å². The van der Waals surface area contributed by atoms with Gasteiger partial charge in [-0.15, -0.1) is 11.3 Å². The number of carbonyl (C=O) groups excluding carboxylic acids is 1. The lowest BCUT2D eigenvalue weighted by molar-refractivity contribution is 0.252. The van der Waals surface area contributed by atoms with Crippen LogP contribution < -0.4 is 10.6 Å². The van der Waals surface area contributed by atoms with E-state index in [4.69, 9.17) is 0 Å². The number of urea groups is 1. The van der Waals surface area contributed by atoms with Crippen LogP contribution in [0, 0.1) is 0 Å². The van der Waals surface area contributed by atoms with Gasteiger partial charge in [0.15, 0.2) is 0 Å². The monoisotopic (exact) mass is 361 g/mol. The topological polar surface area (TPSA) is 56.9 Å². The molecule has 0 spiro atoms. The van der Waals surface area contributed by atoms with Crippen LogP contribution in [0.5, 0.6) is 0 Å². The Labute approximate surface area is 155 Å². The van der Waals surface area contributed by atoms with Gasteiger partial charge in [-0.1, -0.05) is 42.5 Å². The summed E-state index contributed by atoms with van der Waals surface area (Å²) in [6, 6.07) is 21.7. The minimum Gasteiger partial charge on any atom is -0.361 e. The molecule has 4 aromatic rings. The van der Waals surface area contributed by atoms with E-state index in [0.29, 0.717) is 6.54 Å². The summed E-state index contributed by atoms with van der Waals surface area (Å²) in [4.78, 5) is 16.9. The number of aromatic amines is 1. The van der Waals surface area contributed by atoms with Crippen LogP contribution in [0.3, 0.4) is 0 Å². The van der Waals surface area contributed by atoms with Gasteiger partial charge < -0.3 is 15.6 Å². The van der Waals surface area contributed by atoms with E-state index in [1.54, 1.807) is 11.3 Å².